The summed E-state index contributed by atoms with van der Waals surface area (Å²) < 4.78 is 0. The molecule has 0 radical (unpaired) electrons. The second kappa shape index (κ2) is 4.90. The summed E-state index contributed by atoms with van der Waals surface area (Å²) in [5, 5.41) is 22.0. The highest BCUT2D eigenvalue weighted by Gasteiger charge is 2.19. The first-order valence-corrected chi connectivity index (χ1v) is 4.37. The van der Waals surface area contributed by atoms with Gasteiger partial charge in [0, 0.05) is 30.2 Å². The van der Waals surface area contributed by atoms with Gasteiger partial charge in [-0.3, -0.25) is 4.98 Å². The smallest absolute Gasteiger partial charge is 0.110 e. The lowest BCUT2D eigenvalue weighted by Gasteiger charge is -2.18. The molecule has 0 aromatic carbocycles. The van der Waals surface area contributed by atoms with Gasteiger partial charge in [0.05, 0.1) is 6.10 Å². The number of aliphatic hydroxyl groups excluding tert-OH is 2. The maximum absolute atomic E-state index is 9.69. The number of pyridine rings is 1. The number of rotatable bonds is 4. The molecule has 5 heteroatoms. The largest absolute Gasteiger partial charge is 0.398 e. The van der Waals surface area contributed by atoms with E-state index in [0.717, 1.165) is 0 Å². The quantitative estimate of drug-likeness (QED) is 0.511. The molecule has 0 spiro atoms. The van der Waals surface area contributed by atoms with Gasteiger partial charge in [0.15, 0.2) is 0 Å². The van der Waals surface area contributed by atoms with Gasteiger partial charge in [-0.25, -0.2) is 0 Å². The van der Waals surface area contributed by atoms with Crippen molar-refractivity contribution in [2.45, 2.75) is 12.2 Å². The topological polar surface area (TPSA) is 91.4 Å². The minimum atomic E-state index is -1.00. The first-order valence-electron chi connectivity index (χ1n) is 4.37. The fraction of sp³-hybridized carbons (Fsp3) is 0.444. The van der Waals surface area contributed by atoms with Gasteiger partial charge in [-0.15, -0.1) is 0 Å². The third-order valence-corrected chi connectivity index (χ3v) is 1.98. The lowest BCUT2D eigenvalue weighted by atomic mass is 10.1. The molecule has 1 heterocycles. The third-order valence-electron chi connectivity index (χ3n) is 1.98. The van der Waals surface area contributed by atoms with E-state index in [1.165, 1.54) is 12.4 Å². The highest BCUT2D eigenvalue weighted by atomic mass is 16.3. The van der Waals surface area contributed by atoms with Crippen molar-refractivity contribution in [2.24, 2.45) is 0 Å². The maximum atomic E-state index is 9.69. The summed E-state index contributed by atoms with van der Waals surface area (Å²) in [7, 11) is 1.70. The van der Waals surface area contributed by atoms with Gasteiger partial charge in [0.2, 0.25) is 0 Å². The number of nitrogens with zero attached hydrogens (tertiary/aromatic N) is 1. The van der Waals surface area contributed by atoms with Crippen LogP contribution < -0.4 is 11.1 Å². The maximum Gasteiger partial charge on any atom is 0.110 e. The Labute approximate surface area is 82.6 Å². The van der Waals surface area contributed by atoms with E-state index in [4.69, 9.17) is 5.73 Å². The molecule has 2 atom stereocenters. The number of nitrogens with two attached hydrogens (primary N) is 1. The van der Waals surface area contributed by atoms with Crippen LogP contribution in [-0.4, -0.2) is 34.9 Å². The van der Waals surface area contributed by atoms with Gasteiger partial charge in [-0.1, -0.05) is 0 Å². The molecule has 1 aromatic heterocycles. The zero-order valence-electron chi connectivity index (χ0n) is 8.01. The summed E-state index contributed by atoms with van der Waals surface area (Å²) >= 11 is 0. The summed E-state index contributed by atoms with van der Waals surface area (Å²) in [6.45, 7) is 0.301. The number of nitrogen functional groups attached to an aromatic ring is 1. The van der Waals surface area contributed by atoms with Crippen LogP contribution in [0.1, 0.15) is 11.7 Å². The van der Waals surface area contributed by atoms with Crippen molar-refractivity contribution in [1.82, 2.24) is 10.3 Å². The van der Waals surface area contributed by atoms with Crippen LogP contribution in [0.2, 0.25) is 0 Å². The Kier molecular flexibility index (Phi) is 3.82. The molecule has 0 aliphatic rings. The second-order valence-electron chi connectivity index (χ2n) is 3.07. The van der Waals surface area contributed by atoms with E-state index in [-0.39, 0.29) is 0 Å². The van der Waals surface area contributed by atoms with Gasteiger partial charge in [0.25, 0.3) is 0 Å². The van der Waals surface area contributed by atoms with E-state index >= 15 is 0 Å². The first kappa shape index (κ1) is 10.9. The molecule has 5 nitrogen and oxygen atoms in total. The van der Waals surface area contributed by atoms with Crippen molar-refractivity contribution in [2.75, 3.05) is 19.3 Å². The van der Waals surface area contributed by atoms with Gasteiger partial charge in [-0.2, -0.15) is 0 Å². The van der Waals surface area contributed by atoms with Crippen molar-refractivity contribution in [3.63, 3.8) is 0 Å². The highest BCUT2D eigenvalue weighted by Crippen LogP contribution is 2.21. The van der Waals surface area contributed by atoms with Crippen LogP contribution in [0.25, 0.3) is 0 Å². The first-order chi connectivity index (χ1) is 6.66. The molecule has 0 aliphatic heterocycles. The zero-order valence-corrected chi connectivity index (χ0v) is 8.01. The Balaban J connectivity index is 2.78. The van der Waals surface area contributed by atoms with E-state index in [0.29, 0.717) is 17.8 Å². The predicted molar refractivity (Wildman–Crippen MR) is 53.5 cm³/mol. The summed E-state index contributed by atoms with van der Waals surface area (Å²) in [4.78, 5) is 3.84. The van der Waals surface area contributed by atoms with Crippen molar-refractivity contribution in [3.05, 3.63) is 24.0 Å². The molecule has 0 amide bonds. The van der Waals surface area contributed by atoms with Crippen LogP contribution in [0.15, 0.2) is 18.5 Å². The Morgan fingerprint density at radius 1 is 1.57 bits per heavy atom. The van der Waals surface area contributed by atoms with Crippen LogP contribution in [0.5, 0.6) is 0 Å². The molecule has 0 fully saturated rings. The Morgan fingerprint density at radius 2 is 2.29 bits per heavy atom. The molecule has 14 heavy (non-hydrogen) atoms. The fourth-order valence-electron chi connectivity index (χ4n) is 1.19. The van der Waals surface area contributed by atoms with E-state index in [9.17, 15) is 10.2 Å². The van der Waals surface area contributed by atoms with E-state index in [2.05, 4.69) is 10.3 Å². The molecule has 0 aliphatic carbocycles. The van der Waals surface area contributed by atoms with Crippen LogP contribution in [0.3, 0.4) is 0 Å². The molecule has 5 N–H and O–H groups in total. The second-order valence-corrected chi connectivity index (χ2v) is 3.07. The summed E-state index contributed by atoms with van der Waals surface area (Å²) in [5.41, 5.74) is 6.51. The lowest BCUT2D eigenvalue weighted by molar-refractivity contribution is 0.0205. The Morgan fingerprint density at radius 3 is 2.86 bits per heavy atom. The molecular formula is C9H15N3O2. The molecular weight excluding hydrogens is 182 g/mol. The van der Waals surface area contributed by atoms with Crippen molar-refractivity contribution in [1.29, 1.82) is 0 Å². The van der Waals surface area contributed by atoms with Gasteiger partial charge < -0.3 is 21.3 Å². The van der Waals surface area contributed by atoms with Gasteiger partial charge in [-0.05, 0) is 13.1 Å². The van der Waals surface area contributed by atoms with Crippen LogP contribution >= 0.6 is 0 Å². The van der Waals surface area contributed by atoms with Crippen molar-refractivity contribution >= 4 is 5.69 Å². The standard InChI is InChI=1S/C9H15N3O2/c1-11-5-8(13)9(14)6-4-12-3-2-7(6)10/h2-4,8-9,11,13-14H,5H2,1H3,(H2,10,12). The van der Waals surface area contributed by atoms with E-state index in [1.54, 1.807) is 13.1 Å². The summed E-state index contributed by atoms with van der Waals surface area (Å²) in [5.74, 6) is 0. The number of likely N-dealkylation sites (N-methyl/N-ethyl adjacent to an activating group) is 1. The van der Waals surface area contributed by atoms with Crippen LogP contribution in [0.4, 0.5) is 5.69 Å². The molecule has 2 unspecified atom stereocenters. The molecule has 0 saturated heterocycles. The monoisotopic (exact) mass is 197 g/mol. The fourth-order valence-corrected chi connectivity index (χ4v) is 1.19. The molecule has 0 saturated carbocycles. The normalized spacial score (nSPS) is 15.1. The number of aliphatic hydroxyl groups is 2. The SMILES string of the molecule is CNCC(O)C(O)c1cnccc1N. The minimum absolute atomic E-state index is 0.301. The molecule has 1 rings (SSSR count). The number of anilines is 1. The molecule has 0 bridgehead atoms. The average Bonchev–Trinajstić information content (AvgIpc) is 2.18. The Hall–Kier alpha value is -1.17. The lowest BCUT2D eigenvalue weighted by Crippen LogP contribution is -2.30. The average molecular weight is 197 g/mol. The van der Waals surface area contributed by atoms with Crippen LogP contribution in [-0.2, 0) is 0 Å². The zero-order chi connectivity index (χ0) is 10.6. The van der Waals surface area contributed by atoms with Crippen molar-refractivity contribution in [3.8, 4) is 0 Å². The number of hydrogen-bond donors (Lipinski definition) is 4. The number of nitrogens with one attached hydrogen (secondary N) is 1. The third kappa shape index (κ3) is 2.41. The molecule has 78 valence electrons. The van der Waals surface area contributed by atoms with E-state index < -0.39 is 12.2 Å². The highest BCUT2D eigenvalue weighted by molar-refractivity contribution is 5.45. The van der Waals surface area contributed by atoms with Crippen molar-refractivity contribution < 1.29 is 10.2 Å². The van der Waals surface area contributed by atoms with Gasteiger partial charge in [0.1, 0.15) is 6.10 Å². The summed E-state index contributed by atoms with van der Waals surface area (Å²) in [6, 6.07) is 1.59. The summed E-state index contributed by atoms with van der Waals surface area (Å²) in [6.07, 6.45) is 1.11. The number of hydrogen-bond acceptors (Lipinski definition) is 5. The van der Waals surface area contributed by atoms with E-state index in [1.807, 2.05) is 0 Å². The van der Waals surface area contributed by atoms with Crippen LogP contribution in [0, 0.1) is 0 Å². The minimum Gasteiger partial charge on any atom is -0.398 e. The number of aromatic nitrogens is 1. The predicted octanol–water partition coefficient (Wildman–Crippen LogP) is -0.723. The molecule has 1 aromatic rings. The van der Waals surface area contributed by atoms with Gasteiger partial charge >= 0.3 is 0 Å². The Bertz CT molecular complexity index is 293.